The summed E-state index contributed by atoms with van der Waals surface area (Å²) in [6, 6.07) is 12.5. The predicted octanol–water partition coefficient (Wildman–Crippen LogP) is 2.93. The van der Waals surface area contributed by atoms with Gasteiger partial charge in [-0.3, -0.25) is 4.79 Å². The van der Waals surface area contributed by atoms with E-state index >= 15 is 0 Å². The van der Waals surface area contributed by atoms with Crippen LogP contribution in [0.4, 0.5) is 5.69 Å². The van der Waals surface area contributed by atoms with E-state index in [0.717, 1.165) is 25.2 Å². The first-order valence-corrected chi connectivity index (χ1v) is 9.23. The SMILES string of the molecule is CCN(CC)CCOc1ccc(CNC(=O)c2ccc(N)cc2)cc1OC. The maximum Gasteiger partial charge on any atom is 0.251 e. The van der Waals surface area contributed by atoms with Crippen LogP contribution in [0.1, 0.15) is 29.8 Å². The number of rotatable bonds is 10. The van der Waals surface area contributed by atoms with Crippen LogP contribution < -0.4 is 20.5 Å². The molecule has 1 amide bonds. The molecule has 0 unspecified atom stereocenters. The Morgan fingerprint density at radius 3 is 2.41 bits per heavy atom. The minimum atomic E-state index is -0.145. The fourth-order valence-electron chi connectivity index (χ4n) is 2.68. The molecule has 0 aliphatic rings. The second-order valence-electron chi connectivity index (χ2n) is 6.17. The van der Waals surface area contributed by atoms with Gasteiger partial charge in [0.1, 0.15) is 6.61 Å². The number of nitrogens with two attached hydrogens (primary N) is 1. The van der Waals surface area contributed by atoms with Gasteiger partial charge in [-0.2, -0.15) is 0 Å². The topological polar surface area (TPSA) is 76.8 Å². The highest BCUT2D eigenvalue weighted by Gasteiger charge is 2.09. The Balaban J connectivity index is 1.92. The van der Waals surface area contributed by atoms with Crippen molar-refractivity contribution < 1.29 is 14.3 Å². The fraction of sp³-hybridized carbons (Fsp3) is 0.381. The second kappa shape index (κ2) is 10.4. The highest BCUT2D eigenvalue weighted by atomic mass is 16.5. The van der Waals surface area contributed by atoms with Gasteiger partial charge in [0, 0.05) is 24.3 Å². The molecule has 0 aromatic heterocycles. The van der Waals surface area contributed by atoms with E-state index in [1.54, 1.807) is 31.4 Å². The van der Waals surface area contributed by atoms with Crippen LogP contribution in [0.2, 0.25) is 0 Å². The lowest BCUT2D eigenvalue weighted by Gasteiger charge is -2.19. The number of nitrogen functional groups attached to an aromatic ring is 1. The molecule has 6 nitrogen and oxygen atoms in total. The molecular formula is C21H29N3O3. The van der Waals surface area contributed by atoms with E-state index < -0.39 is 0 Å². The number of hydrogen-bond acceptors (Lipinski definition) is 5. The minimum Gasteiger partial charge on any atom is -0.493 e. The number of amides is 1. The number of hydrogen-bond donors (Lipinski definition) is 2. The Labute approximate surface area is 161 Å². The first-order chi connectivity index (χ1) is 13.1. The van der Waals surface area contributed by atoms with Crippen LogP contribution in [-0.4, -0.2) is 44.2 Å². The summed E-state index contributed by atoms with van der Waals surface area (Å²) in [4.78, 5) is 14.5. The van der Waals surface area contributed by atoms with E-state index in [1.807, 2.05) is 18.2 Å². The third kappa shape index (κ3) is 6.18. The molecule has 0 aliphatic carbocycles. The summed E-state index contributed by atoms with van der Waals surface area (Å²) in [5.41, 5.74) is 7.79. The van der Waals surface area contributed by atoms with Gasteiger partial charge in [0.25, 0.3) is 5.91 Å². The van der Waals surface area contributed by atoms with Crippen LogP contribution in [0.5, 0.6) is 11.5 Å². The summed E-state index contributed by atoms with van der Waals surface area (Å²) in [5.74, 6) is 1.22. The monoisotopic (exact) mass is 371 g/mol. The van der Waals surface area contributed by atoms with Gasteiger partial charge >= 0.3 is 0 Å². The molecule has 2 aromatic rings. The summed E-state index contributed by atoms with van der Waals surface area (Å²) < 4.78 is 11.3. The Kier molecular flexibility index (Phi) is 7.95. The predicted molar refractivity (Wildman–Crippen MR) is 108 cm³/mol. The highest BCUT2D eigenvalue weighted by Crippen LogP contribution is 2.28. The average molecular weight is 371 g/mol. The molecule has 0 saturated carbocycles. The number of anilines is 1. The number of ether oxygens (including phenoxy) is 2. The Hall–Kier alpha value is -2.73. The van der Waals surface area contributed by atoms with Crippen molar-refractivity contribution in [2.45, 2.75) is 20.4 Å². The molecule has 0 fully saturated rings. The largest absolute Gasteiger partial charge is 0.493 e. The maximum atomic E-state index is 12.2. The number of carbonyl (C=O) groups excluding carboxylic acids is 1. The average Bonchev–Trinajstić information content (AvgIpc) is 2.70. The summed E-state index contributed by atoms with van der Waals surface area (Å²) in [5, 5.41) is 2.90. The standard InChI is InChI=1S/C21H29N3O3/c1-4-24(5-2)12-13-27-19-11-6-16(14-20(19)26-3)15-23-21(25)17-7-9-18(22)10-8-17/h6-11,14H,4-5,12-13,15,22H2,1-3H3,(H,23,25). The van der Waals surface area contributed by atoms with Gasteiger partial charge < -0.3 is 25.4 Å². The molecule has 0 saturated heterocycles. The Bertz CT molecular complexity index is 728. The Morgan fingerprint density at radius 1 is 1.07 bits per heavy atom. The molecule has 6 heteroatoms. The van der Waals surface area contributed by atoms with Crippen molar-refractivity contribution in [3.05, 3.63) is 53.6 Å². The van der Waals surface area contributed by atoms with Crippen molar-refractivity contribution in [2.75, 3.05) is 39.1 Å². The highest BCUT2D eigenvalue weighted by molar-refractivity contribution is 5.94. The first kappa shape index (κ1) is 20.6. The zero-order chi connectivity index (χ0) is 19.6. The van der Waals surface area contributed by atoms with E-state index in [2.05, 4.69) is 24.1 Å². The van der Waals surface area contributed by atoms with Crippen molar-refractivity contribution >= 4 is 11.6 Å². The van der Waals surface area contributed by atoms with E-state index in [1.165, 1.54) is 0 Å². The molecule has 146 valence electrons. The lowest BCUT2D eigenvalue weighted by molar-refractivity contribution is 0.0951. The molecule has 3 N–H and O–H groups in total. The van der Waals surface area contributed by atoms with Crippen molar-refractivity contribution in [3.8, 4) is 11.5 Å². The lowest BCUT2D eigenvalue weighted by atomic mass is 10.1. The molecule has 0 atom stereocenters. The summed E-state index contributed by atoms with van der Waals surface area (Å²) in [6.07, 6.45) is 0. The summed E-state index contributed by atoms with van der Waals surface area (Å²) >= 11 is 0. The summed E-state index contributed by atoms with van der Waals surface area (Å²) in [7, 11) is 1.61. The van der Waals surface area contributed by atoms with Gasteiger partial charge in [0.15, 0.2) is 11.5 Å². The van der Waals surface area contributed by atoms with Gasteiger partial charge in [-0.05, 0) is 55.1 Å². The van der Waals surface area contributed by atoms with Gasteiger partial charge in [-0.15, -0.1) is 0 Å². The van der Waals surface area contributed by atoms with Crippen molar-refractivity contribution in [2.24, 2.45) is 0 Å². The van der Waals surface area contributed by atoms with Crippen molar-refractivity contribution in [1.29, 1.82) is 0 Å². The Morgan fingerprint density at radius 2 is 1.78 bits per heavy atom. The number of benzene rings is 2. The van der Waals surface area contributed by atoms with Gasteiger partial charge in [0.05, 0.1) is 7.11 Å². The number of nitrogens with zero attached hydrogens (tertiary/aromatic N) is 1. The number of methoxy groups -OCH3 is 1. The lowest BCUT2D eigenvalue weighted by Crippen LogP contribution is -2.28. The van der Waals surface area contributed by atoms with Crippen molar-refractivity contribution in [1.82, 2.24) is 10.2 Å². The molecule has 27 heavy (non-hydrogen) atoms. The van der Waals surface area contributed by atoms with Gasteiger partial charge in [-0.1, -0.05) is 19.9 Å². The van der Waals surface area contributed by atoms with E-state index in [-0.39, 0.29) is 5.91 Å². The molecule has 0 radical (unpaired) electrons. The van der Waals surface area contributed by atoms with Crippen LogP contribution >= 0.6 is 0 Å². The molecule has 0 spiro atoms. The zero-order valence-corrected chi connectivity index (χ0v) is 16.3. The van der Waals surface area contributed by atoms with Crippen molar-refractivity contribution in [3.63, 3.8) is 0 Å². The van der Waals surface area contributed by atoms with Crippen LogP contribution in [0.15, 0.2) is 42.5 Å². The molecule has 0 heterocycles. The molecule has 2 rings (SSSR count). The molecule has 2 aromatic carbocycles. The van der Waals surface area contributed by atoms with E-state index in [4.69, 9.17) is 15.2 Å². The molecule has 0 bridgehead atoms. The molecular weight excluding hydrogens is 342 g/mol. The minimum absolute atomic E-state index is 0.145. The number of carbonyl (C=O) groups is 1. The van der Waals surface area contributed by atoms with Gasteiger partial charge in [-0.25, -0.2) is 0 Å². The summed E-state index contributed by atoms with van der Waals surface area (Å²) in [6.45, 7) is 8.16. The second-order valence-corrected chi connectivity index (χ2v) is 6.17. The molecule has 0 aliphatic heterocycles. The zero-order valence-electron chi connectivity index (χ0n) is 16.3. The van der Waals surface area contributed by atoms with Crippen LogP contribution in [0.3, 0.4) is 0 Å². The van der Waals surface area contributed by atoms with Crippen LogP contribution in [0, 0.1) is 0 Å². The van der Waals surface area contributed by atoms with Crippen LogP contribution in [0.25, 0.3) is 0 Å². The third-order valence-electron chi connectivity index (χ3n) is 4.41. The van der Waals surface area contributed by atoms with Gasteiger partial charge in [0.2, 0.25) is 0 Å². The van der Waals surface area contributed by atoms with E-state index in [9.17, 15) is 4.79 Å². The quantitative estimate of drug-likeness (QED) is 0.628. The van der Waals surface area contributed by atoms with E-state index in [0.29, 0.717) is 35.9 Å². The van der Waals surface area contributed by atoms with Crippen LogP contribution in [-0.2, 0) is 6.54 Å². The third-order valence-corrected chi connectivity index (χ3v) is 4.41. The smallest absolute Gasteiger partial charge is 0.251 e. The number of nitrogens with one attached hydrogen (secondary N) is 1. The normalized spacial score (nSPS) is 10.7. The fourth-order valence-corrected chi connectivity index (χ4v) is 2.68. The first-order valence-electron chi connectivity index (χ1n) is 9.23. The number of likely N-dealkylation sites (N-methyl/N-ethyl adjacent to an activating group) is 1. The maximum absolute atomic E-state index is 12.2.